The van der Waals surface area contributed by atoms with Gasteiger partial charge in [0.2, 0.25) is 5.91 Å². The lowest BCUT2D eigenvalue weighted by molar-refractivity contribution is -0.129. The Morgan fingerprint density at radius 1 is 1.06 bits per heavy atom. The standard InChI is InChI=1S/C25H30FN5OS/c1-19(24(32)29(2)17-20-9-5-3-6-10-20)33-25-28-27-23(18-30-15-7-4-8-16-30)31(25)22-13-11-21(26)12-14-22/h3,5-6,9-14,19H,4,7-8,15-18H2,1-2H3. The van der Waals surface area contributed by atoms with Gasteiger partial charge < -0.3 is 4.90 Å². The smallest absolute Gasteiger partial charge is 0.235 e. The summed E-state index contributed by atoms with van der Waals surface area (Å²) in [6.45, 7) is 5.20. The van der Waals surface area contributed by atoms with Crippen molar-refractivity contribution in [2.24, 2.45) is 0 Å². The van der Waals surface area contributed by atoms with Crippen LogP contribution in [0.4, 0.5) is 4.39 Å². The first-order valence-corrected chi connectivity index (χ1v) is 12.3. The number of rotatable bonds is 8. The van der Waals surface area contributed by atoms with Crippen molar-refractivity contribution in [3.05, 3.63) is 71.8 Å². The van der Waals surface area contributed by atoms with Gasteiger partial charge in [-0.15, -0.1) is 10.2 Å². The highest BCUT2D eigenvalue weighted by Crippen LogP contribution is 2.28. The molecule has 2 heterocycles. The number of carbonyl (C=O) groups is 1. The number of benzene rings is 2. The van der Waals surface area contributed by atoms with E-state index in [1.807, 2.05) is 48.9 Å². The number of carbonyl (C=O) groups excluding carboxylic acids is 1. The molecule has 0 spiro atoms. The number of amides is 1. The van der Waals surface area contributed by atoms with E-state index in [9.17, 15) is 9.18 Å². The first kappa shape index (κ1) is 23.4. The lowest BCUT2D eigenvalue weighted by Crippen LogP contribution is -2.33. The molecule has 0 saturated carbocycles. The van der Waals surface area contributed by atoms with E-state index in [2.05, 4.69) is 15.1 Å². The minimum absolute atomic E-state index is 0.0232. The molecular weight excluding hydrogens is 437 g/mol. The third-order valence-electron chi connectivity index (χ3n) is 5.87. The fraction of sp³-hybridized carbons (Fsp3) is 0.400. The molecule has 6 nitrogen and oxygen atoms in total. The van der Waals surface area contributed by atoms with Gasteiger partial charge in [-0.1, -0.05) is 48.5 Å². The lowest BCUT2D eigenvalue weighted by atomic mass is 10.1. The predicted molar refractivity (Wildman–Crippen MR) is 129 cm³/mol. The summed E-state index contributed by atoms with van der Waals surface area (Å²) in [5.74, 6) is 0.545. The van der Waals surface area contributed by atoms with Gasteiger partial charge in [0, 0.05) is 19.3 Å². The molecule has 33 heavy (non-hydrogen) atoms. The third-order valence-corrected chi connectivity index (χ3v) is 6.90. The molecule has 0 aliphatic carbocycles. The van der Waals surface area contributed by atoms with Gasteiger partial charge in [0.1, 0.15) is 5.82 Å². The fourth-order valence-corrected chi connectivity index (χ4v) is 5.10. The number of hydrogen-bond acceptors (Lipinski definition) is 5. The van der Waals surface area contributed by atoms with Gasteiger partial charge in [0.05, 0.1) is 11.8 Å². The summed E-state index contributed by atoms with van der Waals surface area (Å²) in [7, 11) is 1.82. The molecule has 1 atom stereocenters. The molecule has 1 aliphatic rings. The van der Waals surface area contributed by atoms with Crippen molar-refractivity contribution in [2.45, 2.75) is 49.7 Å². The van der Waals surface area contributed by atoms with Gasteiger partial charge >= 0.3 is 0 Å². The molecule has 174 valence electrons. The number of aromatic nitrogens is 3. The normalized spacial score (nSPS) is 15.4. The third kappa shape index (κ3) is 6.00. The average Bonchev–Trinajstić information content (AvgIpc) is 3.22. The summed E-state index contributed by atoms with van der Waals surface area (Å²) >= 11 is 1.38. The van der Waals surface area contributed by atoms with E-state index in [0.29, 0.717) is 18.2 Å². The quantitative estimate of drug-likeness (QED) is 0.456. The number of likely N-dealkylation sites (tertiary alicyclic amines) is 1. The van der Waals surface area contributed by atoms with Crippen LogP contribution in [0.2, 0.25) is 0 Å². The van der Waals surface area contributed by atoms with Crippen LogP contribution in [0.1, 0.15) is 37.6 Å². The topological polar surface area (TPSA) is 54.3 Å². The van der Waals surface area contributed by atoms with Crippen molar-refractivity contribution in [3.8, 4) is 5.69 Å². The maximum atomic E-state index is 13.6. The summed E-state index contributed by atoms with van der Waals surface area (Å²) in [5, 5.41) is 9.20. The van der Waals surface area contributed by atoms with E-state index in [4.69, 9.17) is 0 Å². The molecule has 4 rings (SSSR count). The highest BCUT2D eigenvalue weighted by molar-refractivity contribution is 8.00. The SMILES string of the molecule is CC(Sc1nnc(CN2CCCCC2)n1-c1ccc(F)cc1)C(=O)N(C)Cc1ccccc1. The molecule has 2 aromatic carbocycles. The number of hydrogen-bond donors (Lipinski definition) is 0. The van der Waals surface area contributed by atoms with Crippen LogP contribution in [0, 0.1) is 5.82 Å². The number of thioether (sulfide) groups is 1. The predicted octanol–water partition coefficient (Wildman–Crippen LogP) is 4.53. The highest BCUT2D eigenvalue weighted by Gasteiger charge is 2.24. The van der Waals surface area contributed by atoms with E-state index >= 15 is 0 Å². The molecule has 3 aromatic rings. The van der Waals surface area contributed by atoms with Crippen LogP contribution in [0.15, 0.2) is 59.8 Å². The van der Waals surface area contributed by atoms with Crippen LogP contribution in [0.3, 0.4) is 0 Å². The molecule has 0 bridgehead atoms. The van der Waals surface area contributed by atoms with Crippen LogP contribution < -0.4 is 0 Å². The Morgan fingerprint density at radius 2 is 1.76 bits per heavy atom. The second-order valence-electron chi connectivity index (χ2n) is 8.49. The Bertz CT molecular complexity index is 1050. The first-order valence-electron chi connectivity index (χ1n) is 11.4. The highest BCUT2D eigenvalue weighted by atomic mass is 32.2. The Labute approximate surface area is 198 Å². The molecule has 1 amide bonds. The van der Waals surface area contributed by atoms with Crippen molar-refractivity contribution in [3.63, 3.8) is 0 Å². The molecule has 1 aromatic heterocycles. The Balaban J connectivity index is 1.53. The molecular formula is C25H30FN5OS. The minimum atomic E-state index is -0.343. The largest absolute Gasteiger partial charge is 0.340 e. The van der Waals surface area contributed by atoms with Crippen LogP contribution in [0.5, 0.6) is 0 Å². The fourth-order valence-electron chi connectivity index (χ4n) is 4.10. The van der Waals surface area contributed by atoms with Crippen molar-refractivity contribution >= 4 is 17.7 Å². The summed E-state index contributed by atoms with van der Waals surface area (Å²) in [6.07, 6.45) is 3.63. The Morgan fingerprint density at radius 3 is 2.45 bits per heavy atom. The summed E-state index contributed by atoms with van der Waals surface area (Å²) in [5.41, 5.74) is 1.89. The van der Waals surface area contributed by atoms with Crippen LogP contribution >= 0.6 is 11.8 Å². The molecule has 1 unspecified atom stereocenters. The van der Waals surface area contributed by atoms with Gasteiger partial charge in [-0.2, -0.15) is 0 Å². The molecule has 0 radical (unpaired) electrons. The molecule has 1 aliphatic heterocycles. The van der Waals surface area contributed by atoms with E-state index in [0.717, 1.165) is 30.2 Å². The molecule has 0 N–H and O–H groups in total. The van der Waals surface area contributed by atoms with Crippen LogP contribution in [-0.4, -0.2) is 55.9 Å². The first-order chi connectivity index (χ1) is 16.0. The number of piperidine rings is 1. The van der Waals surface area contributed by atoms with Crippen molar-refractivity contribution in [1.29, 1.82) is 0 Å². The maximum absolute atomic E-state index is 13.6. The second-order valence-corrected chi connectivity index (χ2v) is 9.80. The molecule has 1 saturated heterocycles. The van der Waals surface area contributed by atoms with Crippen LogP contribution in [-0.2, 0) is 17.9 Å². The van der Waals surface area contributed by atoms with Gasteiger partial charge in [0.15, 0.2) is 11.0 Å². The zero-order valence-electron chi connectivity index (χ0n) is 19.2. The monoisotopic (exact) mass is 467 g/mol. The van der Waals surface area contributed by atoms with Crippen molar-refractivity contribution in [2.75, 3.05) is 20.1 Å². The van der Waals surface area contributed by atoms with E-state index in [1.54, 1.807) is 17.0 Å². The van der Waals surface area contributed by atoms with E-state index in [1.165, 1.54) is 43.2 Å². The van der Waals surface area contributed by atoms with E-state index < -0.39 is 0 Å². The molecule has 8 heteroatoms. The van der Waals surface area contributed by atoms with Crippen molar-refractivity contribution < 1.29 is 9.18 Å². The van der Waals surface area contributed by atoms with Crippen molar-refractivity contribution in [1.82, 2.24) is 24.6 Å². The summed E-state index contributed by atoms with van der Waals surface area (Å²) in [6, 6.07) is 16.3. The van der Waals surface area contributed by atoms with Crippen LogP contribution in [0.25, 0.3) is 5.69 Å². The number of halogens is 1. The summed E-state index contributed by atoms with van der Waals surface area (Å²) < 4.78 is 15.5. The zero-order chi connectivity index (χ0) is 23.2. The van der Waals surface area contributed by atoms with Gasteiger partial charge in [0.25, 0.3) is 0 Å². The zero-order valence-corrected chi connectivity index (χ0v) is 20.0. The average molecular weight is 468 g/mol. The lowest BCUT2D eigenvalue weighted by Gasteiger charge is -2.26. The summed E-state index contributed by atoms with van der Waals surface area (Å²) in [4.78, 5) is 17.2. The second kappa shape index (κ2) is 10.9. The Hall–Kier alpha value is -2.71. The van der Waals surface area contributed by atoms with Gasteiger partial charge in [-0.05, 0) is 62.7 Å². The maximum Gasteiger partial charge on any atom is 0.235 e. The Kier molecular flexibility index (Phi) is 7.77. The van der Waals surface area contributed by atoms with E-state index in [-0.39, 0.29) is 17.0 Å². The van der Waals surface area contributed by atoms with Gasteiger partial charge in [-0.3, -0.25) is 14.3 Å². The number of nitrogens with zero attached hydrogens (tertiary/aromatic N) is 5. The molecule has 1 fully saturated rings. The van der Waals surface area contributed by atoms with Gasteiger partial charge in [-0.25, -0.2) is 4.39 Å². The minimum Gasteiger partial charge on any atom is -0.340 e.